The highest BCUT2D eigenvalue weighted by Crippen LogP contribution is 2.25. The van der Waals surface area contributed by atoms with E-state index in [1.807, 2.05) is 28.7 Å². The van der Waals surface area contributed by atoms with Gasteiger partial charge in [0, 0.05) is 17.5 Å². The highest BCUT2D eigenvalue weighted by Gasteiger charge is 2.14. The first-order valence-electron chi connectivity index (χ1n) is 8.04. The number of thioether (sulfide) groups is 1. The van der Waals surface area contributed by atoms with Crippen LogP contribution in [0.15, 0.2) is 40.3 Å². The van der Waals surface area contributed by atoms with Crippen LogP contribution in [0.25, 0.3) is 5.78 Å². The van der Waals surface area contributed by atoms with Crippen molar-refractivity contribution < 1.29 is 9.84 Å². The summed E-state index contributed by atoms with van der Waals surface area (Å²) in [6.07, 6.45) is 1.03. The van der Waals surface area contributed by atoms with Crippen LogP contribution >= 0.6 is 11.8 Å². The molecule has 0 spiro atoms. The van der Waals surface area contributed by atoms with E-state index in [0.29, 0.717) is 16.7 Å². The second kappa shape index (κ2) is 7.71. The van der Waals surface area contributed by atoms with Gasteiger partial charge in [0.05, 0.1) is 13.2 Å². The van der Waals surface area contributed by atoms with E-state index in [9.17, 15) is 9.90 Å². The van der Waals surface area contributed by atoms with Crippen LogP contribution in [-0.4, -0.2) is 37.6 Å². The summed E-state index contributed by atoms with van der Waals surface area (Å²) in [5.74, 6) is 1.61. The number of nitrogens with one attached hydrogen (secondary N) is 1. The molecule has 2 heterocycles. The van der Waals surface area contributed by atoms with Crippen molar-refractivity contribution in [2.45, 2.75) is 31.0 Å². The Labute approximate surface area is 149 Å². The van der Waals surface area contributed by atoms with Crippen LogP contribution in [0.2, 0.25) is 0 Å². The normalized spacial score (nSPS) is 12.4. The number of aliphatic hydroxyl groups is 1. The number of nitrogens with zero attached hydrogens (tertiary/aromatic N) is 3. The SMILES string of the molecule is CCCc1cc(=O)[nH]c2nnc(SCC(O)c3ccc(OC)cc3)n12. The maximum Gasteiger partial charge on any atom is 0.252 e. The van der Waals surface area contributed by atoms with Crippen LogP contribution < -0.4 is 10.3 Å². The zero-order valence-corrected chi connectivity index (χ0v) is 14.9. The molecule has 2 N–H and O–H groups in total. The van der Waals surface area contributed by atoms with Gasteiger partial charge in [0.2, 0.25) is 5.78 Å². The van der Waals surface area contributed by atoms with Gasteiger partial charge >= 0.3 is 0 Å². The van der Waals surface area contributed by atoms with Gasteiger partial charge in [-0.1, -0.05) is 37.2 Å². The number of aromatic nitrogens is 4. The third-order valence-corrected chi connectivity index (χ3v) is 4.84. The van der Waals surface area contributed by atoms with Crippen molar-refractivity contribution in [2.75, 3.05) is 12.9 Å². The first-order valence-corrected chi connectivity index (χ1v) is 9.03. The molecule has 0 aliphatic rings. The number of H-pyrrole nitrogens is 1. The number of methoxy groups -OCH3 is 1. The van der Waals surface area contributed by atoms with Gasteiger partial charge in [0.1, 0.15) is 5.75 Å². The third-order valence-electron chi connectivity index (χ3n) is 3.83. The summed E-state index contributed by atoms with van der Waals surface area (Å²) in [5.41, 5.74) is 1.50. The second-order valence-corrected chi connectivity index (χ2v) is 6.60. The van der Waals surface area contributed by atoms with Crippen molar-refractivity contribution in [1.29, 1.82) is 0 Å². The van der Waals surface area contributed by atoms with E-state index >= 15 is 0 Å². The maximum atomic E-state index is 11.7. The largest absolute Gasteiger partial charge is 0.497 e. The first-order chi connectivity index (χ1) is 12.1. The molecule has 0 fully saturated rings. The van der Waals surface area contributed by atoms with Gasteiger partial charge < -0.3 is 9.84 Å². The summed E-state index contributed by atoms with van der Waals surface area (Å²) < 4.78 is 6.97. The molecule has 0 aliphatic heterocycles. The van der Waals surface area contributed by atoms with Gasteiger partial charge in [-0.25, -0.2) is 0 Å². The summed E-state index contributed by atoms with van der Waals surface area (Å²) in [4.78, 5) is 14.4. The van der Waals surface area contributed by atoms with E-state index < -0.39 is 6.10 Å². The molecule has 7 nitrogen and oxygen atoms in total. The Hall–Kier alpha value is -2.32. The summed E-state index contributed by atoms with van der Waals surface area (Å²) in [7, 11) is 1.61. The Balaban J connectivity index is 1.79. The lowest BCUT2D eigenvalue weighted by Gasteiger charge is -2.11. The Morgan fingerprint density at radius 1 is 1.32 bits per heavy atom. The Morgan fingerprint density at radius 3 is 2.76 bits per heavy atom. The van der Waals surface area contributed by atoms with Gasteiger partial charge in [-0.2, -0.15) is 0 Å². The minimum Gasteiger partial charge on any atom is -0.497 e. The average Bonchev–Trinajstić information content (AvgIpc) is 3.03. The van der Waals surface area contributed by atoms with Crippen LogP contribution in [0.3, 0.4) is 0 Å². The van der Waals surface area contributed by atoms with Crippen LogP contribution in [0.1, 0.15) is 30.7 Å². The lowest BCUT2D eigenvalue weighted by Crippen LogP contribution is -2.12. The Morgan fingerprint density at radius 2 is 2.08 bits per heavy atom. The molecule has 132 valence electrons. The molecule has 25 heavy (non-hydrogen) atoms. The molecule has 3 aromatic rings. The van der Waals surface area contributed by atoms with E-state index in [4.69, 9.17) is 4.74 Å². The molecule has 0 radical (unpaired) electrons. The highest BCUT2D eigenvalue weighted by molar-refractivity contribution is 7.99. The molecule has 0 bridgehead atoms. The Kier molecular flexibility index (Phi) is 5.40. The van der Waals surface area contributed by atoms with Crippen molar-refractivity contribution in [1.82, 2.24) is 19.6 Å². The molecule has 0 amide bonds. The van der Waals surface area contributed by atoms with E-state index in [2.05, 4.69) is 22.1 Å². The molecule has 0 saturated carbocycles. The predicted octanol–water partition coefficient (Wildman–Crippen LogP) is 2.20. The molecule has 1 aromatic carbocycles. The van der Waals surface area contributed by atoms with Crippen molar-refractivity contribution in [3.8, 4) is 5.75 Å². The second-order valence-electron chi connectivity index (χ2n) is 5.62. The van der Waals surface area contributed by atoms with Gasteiger partial charge in [0.25, 0.3) is 5.56 Å². The molecule has 0 aliphatic carbocycles. The minimum atomic E-state index is -0.638. The number of aliphatic hydroxyl groups excluding tert-OH is 1. The van der Waals surface area contributed by atoms with Crippen molar-refractivity contribution >= 4 is 17.5 Å². The molecule has 1 unspecified atom stereocenters. The number of fused-ring (bicyclic) bond motifs is 1. The third kappa shape index (κ3) is 3.85. The molecule has 1 atom stereocenters. The molecule has 8 heteroatoms. The molecular formula is C17H20N4O3S. The van der Waals surface area contributed by atoms with Crippen LogP contribution in [0.4, 0.5) is 0 Å². The molecule has 2 aromatic heterocycles. The predicted molar refractivity (Wildman–Crippen MR) is 96.3 cm³/mol. The van der Waals surface area contributed by atoms with E-state index in [-0.39, 0.29) is 5.56 Å². The number of benzene rings is 1. The lowest BCUT2D eigenvalue weighted by molar-refractivity contribution is 0.204. The summed E-state index contributed by atoms with van der Waals surface area (Å²) in [6.45, 7) is 2.05. The average molecular weight is 360 g/mol. The van der Waals surface area contributed by atoms with Crippen LogP contribution in [0.5, 0.6) is 5.75 Å². The van der Waals surface area contributed by atoms with Crippen LogP contribution in [-0.2, 0) is 6.42 Å². The van der Waals surface area contributed by atoms with Crippen LogP contribution in [0, 0.1) is 0 Å². The van der Waals surface area contributed by atoms with Crippen molar-refractivity contribution in [3.63, 3.8) is 0 Å². The number of hydrogen-bond donors (Lipinski definition) is 2. The van der Waals surface area contributed by atoms with Gasteiger partial charge in [-0.05, 0) is 24.1 Å². The number of aryl methyl sites for hydroxylation is 1. The fraction of sp³-hybridized carbons (Fsp3) is 0.353. The number of aromatic amines is 1. The van der Waals surface area contributed by atoms with Gasteiger partial charge in [-0.15, -0.1) is 10.2 Å². The minimum absolute atomic E-state index is 0.182. The fourth-order valence-corrected chi connectivity index (χ4v) is 3.51. The maximum absolute atomic E-state index is 11.7. The summed E-state index contributed by atoms with van der Waals surface area (Å²) >= 11 is 1.40. The number of ether oxygens (including phenoxy) is 1. The zero-order chi connectivity index (χ0) is 17.8. The fourth-order valence-electron chi connectivity index (χ4n) is 2.58. The quantitative estimate of drug-likeness (QED) is 0.628. The standard InChI is InChI=1S/C17H20N4O3S/c1-3-4-12-9-15(23)18-16-19-20-17(21(12)16)25-10-14(22)11-5-7-13(24-2)8-6-11/h5-9,14,22H,3-4,10H2,1-2H3,(H,18,19,23). The lowest BCUT2D eigenvalue weighted by atomic mass is 10.1. The van der Waals surface area contributed by atoms with Gasteiger partial charge in [0.15, 0.2) is 5.16 Å². The topological polar surface area (TPSA) is 92.5 Å². The smallest absolute Gasteiger partial charge is 0.252 e. The van der Waals surface area contributed by atoms with Crippen molar-refractivity contribution in [3.05, 3.63) is 51.9 Å². The summed E-state index contributed by atoms with van der Waals surface area (Å²) in [5, 5.41) is 19.2. The molecule has 0 saturated heterocycles. The summed E-state index contributed by atoms with van der Waals surface area (Å²) in [6, 6.07) is 8.89. The number of rotatable bonds is 7. The Bertz CT molecular complexity index is 904. The number of hydrogen-bond acceptors (Lipinski definition) is 6. The zero-order valence-electron chi connectivity index (χ0n) is 14.1. The first kappa shape index (κ1) is 17.5. The molecular weight excluding hydrogens is 340 g/mol. The van der Waals surface area contributed by atoms with Crippen molar-refractivity contribution in [2.24, 2.45) is 0 Å². The van der Waals surface area contributed by atoms with E-state index in [0.717, 1.165) is 29.8 Å². The van der Waals surface area contributed by atoms with Gasteiger partial charge in [-0.3, -0.25) is 14.2 Å². The van der Waals surface area contributed by atoms with E-state index in [1.54, 1.807) is 13.2 Å². The molecule has 3 rings (SSSR count). The van der Waals surface area contributed by atoms with E-state index in [1.165, 1.54) is 11.8 Å². The highest BCUT2D eigenvalue weighted by atomic mass is 32.2. The monoisotopic (exact) mass is 360 g/mol.